The van der Waals surface area contributed by atoms with Gasteiger partial charge in [-0.05, 0) is 31.0 Å². The van der Waals surface area contributed by atoms with Crippen LogP contribution < -0.4 is 20.7 Å². The van der Waals surface area contributed by atoms with Gasteiger partial charge in [-0.25, -0.2) is 14.8 Å². The standard InChI is InChI=1S/C18H19N5O4/c1-11(24)21-15-9-12(5-8-19-15)27-13-3-4-14(20-10-13)22-17(26)23-16(25)18(2)6-7-18/h3-5,8-10H,6-7H2,1-2H3,(H,19,21,24)(H2,20,22,23,25,26). The molecular weight excluding hydrogens is 350 g/mol. The lowest BCUT2D eigenvalue weighted by Gasteiger charge is -2.10. The number of pyridine rings is 2. The molecule has 0 aromatic carbocycles. The van der Waals surface area contributed by atoms with Crippen LogP contribution in [0.2, 0.25) is 0 Å². The molecule has 140 valence electrons. The van der Waals surface area contributed by atoms with E-state index in [1.54, 1.807) is 24.3 Å². The monoisotopic (exact) mass is 369 g/mol. The van der Waals surface area contributed by atoms with Crippen LogP contribution in [0.25, 0.3) is 0 Å². The molecule has 2 aromatic heterocycles. The number of hydrogen-bond donors (Lipinski definition) is 3. The second kappa shape index (κ2) is 7.40. The number of rotatable bonds is 5. The lowest BCUT2D eigenvalue weighted by Crippen LogP contribution is -2.38. The summed E-state index contributed by atoms with van der Waals surface area (Å²) < 4.78 is 5.64. The molecule has 1 aliphatic carbocycles. The highest BCUT2D eigenvalue weighted by Gasteiger charge is 2.45. The van der Waals surface area contributed by atoms with Gasteiger partial charge in [-0.3, -0.25) is 20.2 Å². The van der Waals surface area contributed by atoms with Crippen LogP contribution in [-0.4, -0.2) is 27.8 Å². The van der Waals surface area contributed by atoms with Crippen molar-refractivity contribution in [3.63, 3.8) is 0 Å². The molecule has 2 aromatic rings. The van der Waals surface area contributed by atoms with E-state index in [2.05, 4.69) is 25.9 Å². The van der Waals surface area contributed by atoms with Crippen LogP contribution in [0.3, 0.4) is 0 Å². The Kier molecular flexibility index (Phi) is 5.02. The Balaban J connectivity index is 1.56. The fraction of sp³-hybridized carbons (Fsp3) is 0.278. The van der Waals surface area contributed by atoms with Gasteiger partial charge in [0.05, 0.1) is 6.20 Å². The average Bonchev–Trinajstić information content (AvgIpc) is 3.35. The van der Waals surface area contributed by atoms with Crippen LogP contribution in [0.4, 0.5) is 16.4 Å². The van der Waals surface area contributed by atoms with E-state index in [4.69, 9.17) is 4.74 Å². The van der Waals surface area contributed by atoms with Crippen molar-refractivity contribution in [2.75, 3.05) is 10.6 Å². The summed E-state index contributed by atoms with van der Waals surface area (Å²) in [7, 11) is 0. The van der Waals surface area contributed by atoms with Crippen molar-refractivity contribution in [2.45, 2.75) is 26.7 Å². The van der Waals surface area contributed by atoms with Crippen molar-refractivity contribution >= 4 is 29.5 Å². The molecule has 27 heavy (non-hydrogen) atoms. The number of urea groups is 1. The van der Waals surface area contributed by atoms with Gasteiger partial charge < -0.3 is 10.1 Å². The zero-order valence-electron chi connectivity index (χ0n) is 14.9. The average molecular weight is 369 g/mol. The first kappa shape index (κ1) is 18.3. The minimum absolute atomic E-state index is 0.232. The van der Waals surface area contributed by atoms with Gasteiger partial charge in [0.25, 0.3) is 0 Å². The largest absolute Gasteiger partial charge is 0.456 e. The molecule has 0 bridgehead atoms. The molecule has 3 rings (SSSR count). The molecule has 3 N–H and O–H groups in total. The highest BCUT2D eigenvalue weighted by molar-refractivity contribution is 6.03. The maximum Gasteiger partial charge on any atom is 0.327 e. The first-order valence-corrected chi connectivity index (χ1v) is 8.34. The number of hydrogen-bond acceptors (Lipinski definition) is 6. The van der Waals surface area contributed by atoms with Crippen LogP contribution in [0, 0.1) is 5.41 Å². The van der Waals surface area contributed by atoms with E-state index in [0.29, 0.717) is 17.3 Å². The van der Waals surface area contributed by atoms with Crippen LogP contribution >= 0.6 is 0 Å². The van der Waals surface area contributed by atoms with Crippen molar-refractivity contribution in [3.8, 4) is 11.5 Å². The SMILES string of the molecule is CC(=O)Nc1cc(Oc2ccc(NC(=O)NC(=O)C3(C)CC3)nc2)ccn1. The lowest BCUT2D eigenvalue weighted by molar-refractivity contribution is -0.124. The van der Waals surface area contributed by atoms with Gasteiger partial charge in [0, 0.05) is 24.6 Å². The predicted molar refractivity (Wildman–Crippen MR) is 97.4 cm³/mol. The molecule has 0 unspecified atom stereocenters. The number of anilines is 2. The summed E-state index contributed by atoms with van der Waals surface area (Å²) in [4.78, 5) is 42.8. The number of carbonyl (C=O) groups excluding carboxylic acids is 3. The van der Waals surface area contributed by atoms with Crippen LogP contribution in [0.5, 0.6) is 11.5 Å². The van der Waals surface area contributed by atoms with Crippen LogP contribution in [-0.2, 0) is 9.59 Å². The molecule has 0 saturated heterocycles. The van der Waals surface area contributed by atoms with Crippen molar-refractivity contribution in [2.24, 2.45) is 5.41 Å². The highest BCUT2D eigenvalue weighted by Crippen LogP contribution is 2.44. The lowest BCUT2D eigenvalue weighted by atomic mass is 10.1. The molecule has 1 saturated carbocycles. The van der Waals surface area contributed by atoms with Gasteiger partial charge in [-0.1, -0.05) is 6.92 Å². The quantitative estimate of drug-likeness (QED) is 0.745. The molecule has 0 atom stereocenters. The molecule has 0 radical (unpaired) electrons. The summed E-state index contributed by atoms with van der Waals surface area (Å²) in [6.45, 7) is 3.20. The number of nitrogens with one attached hydrogen (secondary N) is 3. The maximum atomic E-state index is 11.8. The minimum Gasteiger partial charge on any atom is -0.456 e. The molecule has 4 amide bonds. The van der Waals surface area contributed by atoms with Crippen molar-refractivity contribution < 1.29 is 19.1 Å². The third-order valence-corrected chi connectivity index (χ3v) is 4.02. The normalized spacial score (nSPS) is 14.0. The molecule has 1 fully saturated rings. The molecule has 2 heterocycles. The number of nitrogens with zero attached hydrogens (tertiary/aromatic N) is 2. The van der Waals surface area contributed by atoms with Crippen molar-refractivity contribution in [1.29, 1.82) is 0 Å². The molecule has 9 heteroatoms. The van der Waals surface area contributed by atoms with Gasteiger partial charge in [-0.2, -0.15) is 0 Å². The second-order valence-electron chi connectivity index (χ2n) is 6.51. The Bertz CT molecular complexity index is 878. The third-order valence-electron chi connectivity index (χ3n) is 4.02. The first-order valence-electron chi connectivity index (χ1n) is 8.34. The number of ether oxygens (including phenoxy) is 1. The Hall–Kier alpha value is -3.49. The summed E-state index contributed by atoms with van der Waals surface area (Å²) in [5, 5.41) is 7.37. The smallest absolute Gasteiger partial charge is 0.327 e. The van der Waals surface area contributed by atoms with E-state index in [-0.39, 0.29) is 17.6 Å². The summed E-state index contributed by atoms with van der Waals surface area (Å²) in [5.41, 5.74) is -0.427. The first-order chi connectivity index (χ1) is 12.8. The summed E-state index contributed by atoms with van der Waals surface area (Å²) >= 11 is 0. The van der Waals surface area contributed by atoms with Gasteiger partial charge >= 0.3 is 6.03 Å². The number of amides is 4. The van der Waals surface area contributed by atoms with E-state index < -0.39 is 11.4 Å². The third kappa shape index (κ3) is 5.00. The van der Waals surface area contributed by atoms with Crippen LogP contribution in [0.15, 0.2) is 36.7 Å². The number of imide groups is 1. The number of aromatic nitrogens is 2. The molecule has 0 aliphatic heterocycles. The zero-order chi connectivity index (χ0) is 19.4. The Morgan fingerprint density at radius 3 is 2.44 bits per heavy atom. The molecule has 0 spiro atoms. The van der Waals surface area contributed by atoms with Gasteiger partial charge in [0.1, 0.15) is 23.1 Å². The maximum absolute atomic E-state index is 11.8. The van der Waals surface area contributed by atoms with E-state index in [9.17, 15) is 14.4 Å². The summed E-state index contributed by atoms with van der Waals surface area (Å²) in [5.74, 6) is 1.04. The van der Waals surface area contributed by atoms with Crippen LogP contribution in [0.1, 0.15) is 26.7 Å². The second-order valence-corrected chi connectivity index (χ2v) is 6.51. The molecular formula is C18H19N5O4. The van der Waals surface area contributed by atoms with Gasteiger partial charge in [-0.15, -0.1) is 0 Å². The Morgan fingerprint density at radius 1 is 1.04 bits per heavy atom. The van der Waals surface area contributed by atoms with E-state index in [1.165, 1.54) is 19.3 Å². The summed E-state index contributed by atoms with van der Waals surface area (Å²) in [6, 6.07) is 5.75. The van der Waals surface area contributed by atoms with Gasteiger partial charge in [0.2, 0.25) is 11.8 Å². The summed E-state index contributed by atoms with van der Waals surface area (Å²) in [6.07, 6.45) is 4.51. The topological polar surface area (TPSA) is 122 Å². The fourth-order valence-corrected chi connectivity index (χ4v) is 2.19. The van der Waals surface area contributed by atoms with E-state index in [1.807, 2.05) is 6.92 Å². The zero-order valence-corrected chi connectivity index (χ0v) is 14.9. The molecule has 9 nitrogen and oxygen atoms in total. The van der Waals surface area contributed by atoms with Gasteiger partial charge in [0.15, 0.2) is 0 Å². The highest BCUT2D eigenvalue weighted by atomic mass is 16.5. The molecule has 1 aliphatic rings. The van der Waals surface area contributed by atoms with E-state index in [0.717, 1.165) is 12.8 Å². The predicted octanol–water partition coefficient (Wildman–Crippen LogP) is 2.68. The fourth-order valence-electron chi connectivity index (χ4n) is 2.19. The van der Waals surface area contributed by atoms with Crippen molar-refractivity contribution in [3.05, 3.63) is 36.7 Å². The minimum atomic E-state index is -0.622. The number of carbonyl (C=O) groups is 3. The Labute approximate surface area is 155 Å². The van der Waals surface area contributed by atoms with Crippen molar-refractivity contribution in [1.82, 2.24) is 15.3 Å². The Morgan fingerprint density at radius 2 is 1.81 bits per heavy atom. The van der Waals surface area contributed by atoms with E-state index >= 15 is 0 Å².